The van der Waals surface area contributed by atoms with Crippen LogP contribution in [0.5, 0.6) is 5.75 Å². The minimum atomic E-state index is -4.10. The fourth-order valence-electron chi connectivity index (χ4n) is 6.46. The van der Waals surface area contributed by atoms with E-state index in [0.717, 1.165) is 107 Å². The molecule has 294 valence electrons. The van der Waals surface area contributed by atoms with Crippen LogP contribution < -0.4 is 5.32 Å². The van der Waals surface area contributed by atoms with Gasteiger partial charge in [-0.1, -0.05) is 86.3 Å². The van der Waals surface area contributed by atoms with Crippen LogP contribution in [-0.2, 0) is 37.7 Å². The van der Waals surface area contributed by atoms with Crippen molar-refractivity contribution in [1.82, 2.24) is 5.32 Å². The molecule has 1 saturated carbocycles. The highest BCUT2D eigenvalue weighted by atomic mass is 32.2. The van der Waals surface area contributed by atoms with Gasteiger partial charge >= 0.3 is 0 Å². The van der Waals surface area contributed by atoms with Crippen molar-refractivity contribution in [3.8, 4) is 16.9 Å². The molecule has 0 amide bonds. The van der Waals surface area contributed by atoms with Crippen LogP contribution in [0, 0.1) is 0 Å². The number of benzene rings is 4. The molecule has 1 atom stereocenters. The Morgan fingerprint density at radius 1 is 0.722 bits per heavy atom. The minimum Gasteiger partial charge on any atom is -0.508 e. The van der Waals surface area contributed by atoms with Crippen molar-refractivity contribution in [3.63, 3.8) is 0 Å². The lowest BCUT2D eigenvalue weighted by atomic mass is 10.1. The second-order valence-electron chi connectivity index (χ2n) is 13.7. The van der Waals surface area contributed by atoms with Gasteiger partial charge in [0.1, 0.15) is 5.75 Å². The van der Waals surface area contributed by atoms with Gasteiger partial charge in [-0.05, 0) is 110 Å². The predicted molar refractivity (Wildman–Crippen MR) is 212 cm³/mol. The molecule has 1 aliphatic carbocycles. The number of aliphatic hydroxyl groups is 2. The van der Waals surface area contributed by atoms with E-state index in [1.807, 2.05) is 48.5 Å². The van der Waals surface area contributed by atoms with Gasteiger partial charge in [0, 0.05) is 25.3 Å². The SMILES string of the molecule is O=S(=O)(O)c1ccc(-c2ccccc2)cc1.O=S(=O)(c1cccc(CCCCOCCCCCCNC[C@H](O)c2ccc(O)c(CO)c2)c1)C1CCCC1. The summed E-state index contributed by atoms with van der Waals surface area (Å²) in [4.78, 5) is 0.394. The average molecular weight is 782 g/mol. The third kappa shape index (κ3) is 13.9. The molecule has 12 heteroatoms. The van der Waals surface area contributed by atoms with Crippen LogP contribution in [0.4, 0.5) is 0 Å². The van der Waals surface area contributed by atoms with Crippen molar-refractivity contribution in [3.05, 3.63) is 114 Å². The van der Waals surface area contributed by atoms with E-state index in [-0.39, 0.29) is 22.5 Å². The van der Waals surface area contributed by atoms with Crippen LogP contribution in [0.15, 0.2) is 107 Å². The number of aryl methyl sites for hydroxylation is 1. The van der Waals surface area contributed by atoms with E-state index in [4.69, 9.17) is 9.29 Å². The summed E-state index contributed by atoms with van der Waals surface area (Å²) in [6, 6.07) is 28.0. The van der Waals surface area contributed by atoms with Gasteiger partial charge in [-0.15, -0.1) is 0 Å². The molecule has 0 heterocycles. The van der Waals surface area contributed by atoms with Gasteiger partial charge in [-0.2, -0.15) is 8.42 Å². The molecule has 5 N–H and O–H groups in total. The normalized spacial score (nSPS) is 14.1. The molecule has 0 unspecified atom stereocenters. The van der Waals surface area contributed by atoms with E-state index in [9.17, 15) is 32.2 Å². The average Bonchev–Trinajstić information content (AvgIpc) is 3.74. The maximum absolute atomic E-state index is 12.8. The number of sulfone groups is 1. The first-order valence-electron chi connectivity index (χ1n) is 18.8. The Balaban J connectivity index is 0.000000336. The largest absolute Gasteiger partial charge is 0.508 e. The van der Waals surface area contributed by atoms with Crippen molar-refractivity contribution in [2.75, 3.05) is 26.3 Å². The summed E-state index contributed by atoms with van der Waals surface area (Å²) < 4.78 is 61.9. The van der Waals surface area contributed by atoms with Crippen molar-refractivity contribution < 1.29 is 41.4 Å². The number of hydrogen-bond acceptors (Lipinski definition) is 9. The Hall–Kier alpha value is -3.62. The second kappa shape index (κ2) is 22.1. The number of unbranched alkanes of at least 4 members (excludes halogenated alkanes) is 4. The van der Waals surface area contributed by atoms with Crippen molar-refractivity contribution in [2.45, 2.75) is 98.4 Å². The van der Waals surface area contributed by atoms with Gasteiger partial charge < -0.3 is 25.4 Å². The summed E-state index contributed by atoms with van der Waals surface area (Å²) in [5.41, 5.74) is 4.10. The van der Waals surface area contributed by atoms with Crippen molar-refractivity contribution in [1.29, 1.82) is 0 Å². The van der Waals surface area contributed by atoms with E-state index in [1.165, 1.54) is 18.2 Å². The summed E-state index contributed by atoms with van der Waals surface area (Å²) in [6.07, 6.45) is 10.0. The summed E-state index contributed by atoms with van der Waals surface area (Å²) in [7, 11) is -7.29. The maximum atomic E-state index is 12.8. The first kappa shape index (κ1) is 43.1. The first-order valence-corrected chi connectivity index (χ1v) is 21.8. The topological polar surface area (TPSA) is 170 Å². The van der Waals surface area contributed by atoms with Crippen molar-refractivity contribution in [2.24, 2.45) is 0 Å². The second-order valence-corrected chi connectivity index (χ2v) is 17.4. The number of nitrogens with one attached hydrogen (secondary N) is 1. The molecule has 0 spiro atoms. The van der Waals surface area contributed by atoms with Crippen LogP contribution in [0.1, 0.15) is 87.0 Å². The van der Waals surface area contributed by atoms with Crippen molar-refractivity contribution >= 4 is 20.0 Å². The molecule has 0 saturated heterocycles. The molecule has 1 fully saturated rings. The monoisotopic (exact) mass is 781 g/mol. The summed E-state index contributed by atoms with van der Waals surface area (Å²) >= 11 is 0. The van der Waals surface area contributed by atoms with E-state index in [2.05, 4.69) is 5.32 Å². The van der Waals surface area contributed by atoms with E-state index < -0.39 is 26.1 Å². The smallest absolute Gasteiger partial charge is 0.294 e. The zero-order valence-corrected chi connectivity index (χ0v) is 32.5. The number of aliphatic hydroxyl groups excluding tert-OH is 2. The molecule has 4 aromatic rings. The molecule has 0 radical (unpaired) electrons. The number of ether oxygens (including phenoxy) is 1. The molecule has 54 heavy (non-hydrogen) atoms. The fourth-order valence-corrected chi connectivity index (χ4v) is 8.86. The summed E-state index contributed by atoms with van der Waals surface area (Å²) in [5, 5.41) is 32.2. The van der Waals surface area contributed by atoms with E-state index in [1.54, 1.807) is 30.3 Å². The first-order chi connectivity index (χ1) is 26.0. The molecule has 10 nitrogen and oxygen atoms in total. The minimum absolute atomic E-state index is 0.0372. The molecule has 1 aliphatic rings. The Morgan fingerprint density at radius 2 is 1.39 bits per heavy atom. The van der Waals surface area contributed by atoms with Gasteiger partial charge in [0.25, 0.3) is 10.1 Å². The van der Waals surface area contributed by atoms with Crippen LogP contribution in [-0.4, -0.2) is 68.3 Å². The third-order valence-corrected chi connectivity index (χ3v) is 12.7. The zero-order valence-electron chi connectivity index (χ0n) is 30.9. The van der Waals surface area contributed by atoms with Gasteiger partial charge in [0.05, 0.1) is 27.8 Å². The molecule has 0 aromatic heterocycles. The highest BCUT2D eigenvalue weighted by Crippen LogP contribution is 2.30. The van der Waals surface area contributed by atoms with Crippen LogP contribution in [0.2, 0.25) is 0 Å². The quantitative estimate of drug-likeness (QED) is 0.0449. The summed E-state index contributed by atoms with van der Waals surface area (Å²) in [6.45, 7) is 2.49. The van der Waals surface area contributed by atoms with E-state index in [0.29, 0.717) is 22.6 Å². The molecule has 0 bridgehead atoms. The Labute approximate surface area is 320 Å². The lowest BCUT2D eigenvalue weighted by molar-refractivity contribution is 0.126. The standard InChI is InChI=1S/C30H45NO6S.C12H10O3S/c32-23-26-21-25(15-16-29(26)33)30(34)22-31-17-6-1-2-7-18-37-19-8-5-10-24-11-9-14-28(20-24)38(35,36)27-12-3-4-13-27;13-16(14,15)12-8-6-11(7-9-12)10-4-2-1-3-5-10/h9,11,14-16,20-21,27,30-34H,1-8,10,12-13,17-19,22-23H2;1-9H,(H,13,14,15)/t30-;/m0./s1. The van der Waals surface area contributed by atoms with Gasteiger partial charge in [0.15, 0.2) is 9.84 Å². The number of phenols is 1. The van der Waals surface area contributed by atoms with Gasteiger partial charge in [0.2, 0.25) is 0 Å². The zero-order chi connectivity index (χ0) is 38.8. The molecular formula is C42H55NO9S2. The summed E-state index contributed by atoms with van der Waals surface area (Å²) in [5.74, 6) is 0.0372. The van der Waals surface area contributed by atoms with Crippen LogP contribution in [0.3, 0.4) is 0 Å². The highest BCUT2D eigenvalue weighted by Gasteiger charge is 2.30. The number of hydrogen-bond donors (Lipinski definition) is 5. The van der Waals surface area contributed by atoms with Crippen LogP contribution >= 0.6 is 0 Å². The Kier molecular flexibility index (Phi) is 17.6. The van der Waals surface area contributed by atoms with E-state index >= 15 is 0 Å². The molecular weight excluding hydrogens is 727 g/mol. The predicted octanol–water partition coefficient (Wildman–Crippen LogP) is 7.42. The maximum Gasteiger partial charge on any atom is 0.294 e. The Bertz CT molecular complexity index is 1910. The molecule has 0 aliphatic heterocycles. The fraction of sp³-hybridized carbons (Fsp3) is 0.429. The third-order valence-electron chi connectivity index (χ3n) is 9.62. The van der Waals surface area contributed by atoms with Crippen LogP contribution in [0.25, 0.3) is 11.1 Å². The van der Waals surface area contributed by atoms with Gasteiger partial charge in [-0.25, -0.2) is 8.42 Å². The number of rotatable bonds is 20. The number of aromatic hydroxyl groups is 1. The lowest BCUT2D eigenvalue weighted by Gasteiger charge is -2.14. The lowest BCUT2D eigenvalue weighted by Crippen LogP contribution is -2.22. The Morgan fingerprint density at radius 3 is 2.07 bits per heavy atom. The highest BCUT2D eigenvalue weighted by molar-refractivity contribution is 7.92. The molecule has 4 aromatic carbocycles. The molecule has 5 rings (SSSR count). The van der Waals surface area contributed by atoms with Gasteiger partial charge in [-0.3, -0.25) is 4.55 Å².